The summed E-state index contributed by atoms with van der Waals surface area (Å²) >= 11 is 0. The molecular formula is C9H17NO. The highest BCUT2D eigenvalue weighted by Gasteiger charge is 2.52. The topological polar surface area (TPSA) is 23.5 Å². The SMILES string of the molecule is CC(C)N1CC2CC2C1CO. The van der Waals surface area contributed by atoms with Gasteiger partial charge in [-0.05, 0) is 32.1 Å². The zero-order valence-corrected chi connectivity index (χ0v) is 7.33. The van der Waals surface area contributed by atoms with Gasteiger partial charge < -0.3 is 5.11 Å². The Hall–Kier alpha value is -0.0800. The monoisotopic (exact) mass is 155 g/mol. The van der Waals surface area contributed by atoms with Gasteiger partial charge in [-0.15, -0.1) is 0 Å². The maximum atomic E-state index is 9.14. The van der Waals surface area contributed by atoms with Gasteiger partial charge in [-0.2, -0.15) is 0 Å². The number of rotatable bonds is 2. The van der Waals surface area contributed by atoms with E-state index < -0.39 is 0 Å². The minimum absolute atomic E-state index is 0.360. The molecule has 2 nitrogen and oxygen atoms in total. The zero-order valence-electron chi connectivity index (χ0n) is 7.33. The van der Waals surface area contributed by atoms with E-state index in [1.165, 1.54) is 13.0 Å². The Morgan fingerprint density at radius 2 is 2.27 bits per heavy atom. The summed E-state index contributed by atoms with van der Waals surface area (Å²) in [5.41, 5.74) is 0. The van der Waals surface area contributed by atoms with Gasteiger partial charge in [0, 0.05) is 18.6 Å². The van der Waals surface area contributed by atoms with Crippen LogP contribution in [0, 0.1) is 11.8 Å². The summed E-state index contributed by atoms with van der Waals surface area (Å²) < 4.78 is 0. The smallest absolute Gasteiger partial charge is 0.0589 e. The van der Waals surface area contributed by atoms with Crippen LogP contribution in [0.5, 0.6) is 0 Å². The fourth-order valence-electron chi connectivity index (χ4n) is 2.44. The first-order valence-electron chi connectivity index (χ1n) is 4.60. The van der Waals surface area contributed by atoms with E-state index in [-0.39, 0.29) is 0 Å². The van der Waals surface area contributed by atoms with E-state index in [9.17, 15) is 0 Å². The molecule has 0 amide bonds. The van der Waals surface area contributed by atoms with Crippen LogP contribution in [-0.4, -0.2) is 35.2 Å². The van der Waals surface area contributed by atoms with Crippen molar-refractivity contribution in [3.63, 3.8) is 0 Å². The van der Waals surface area contributed by atoms with Crippen molar-refractivity contribution in [1.29, 1.82) is 0 Å². The Bertz CT molecular complexity index is 158. The van der Waals surface area contributed by atoms with Crippen LogP contribution in [-0.2, 0) is 0 Å². The van der Waals surface area contributed by atoms with Crippen LogP contribution in [0.1, 0.15) is 20.3 Å². The van der Waals surface area contributed by atoms with E-state index in [1.807, 2.05) is 0 Å². The van der Waals surface area contributed by atoms with Gasteiger partial charge in [0.2, 0.25) is 0 Å². The first-order chi connectivity index (χ1) is 5.24. The second-order valence-corrected chi connectivity index (χ2v) is 4.20. The number of hydrogen-bond donors (Lipinski definition) is 1. The Labute approximate surface area is 68.2 Å². The molecule has 2 heteroatoms. The zero-order chi connectivity index (χ0) is 8.01. The summed E-state index contributed by atoms with van der Waals surface area (Å²) in [5, 5.41) is 9.14. The molecule has 3 unspecified atom stereocenters. The molecule has 1 saturated heterocycles. The van der Waals surface area contributed by atoms with Gasteiger partial charge in [0.05, 0.1) is 6.61 Å². The summed E-state index contributed by atoms with van der Waals surface area (Å²) in [6.45, 7) is 6.02. The molecule has 1 heterocycles. The van der Waals surface area contributed by atoms with Crippen LogP contribution < -0.4 is 0 Å². The number of fused-ring (bicyclic) bond motifs is 1. The van der Waals surface area contributed by atoms with E-state index in [4.69, 9.17) is 5.11 Å². The molecule has 1 N–H and O–H groups in total. The van der Waals surface area contributed by atoms with Crippen molar-refractivity contribution in [1.82, 2.24) is 4.90 Å². The lowest BCUT2D eigenvalue weighted by Gasteiger charge is -2.29. The lowest BCUT2D eigenvalue weighted by atomic mass is 10.2. The van der Waals surface area contributed by atoms with Gasteiger partial charge in [-0.1, -0.05) is 0 Å². The van der Waals surface area contributed by atoms with Gasteiger partial charge in [0.15, 0.2) is 0 Å². The maximum Gasteiger partial charge on any atom is 0.0589 e. The Morgan fingerprint density at radius 3 is 2.73 bits per heavy atom. The van der Waals surface area contributed by atoms with Crippen LogP contribution in [0.2, 0.25) is 0 Å². The highest BCUT2D eigenvalue weighted by molar-refractivity contribution is 5.04. The van der Waals surface area contributed by atoms with E-state index in [0.717, 1.165) is 11.8 Å². The Balaban J connectivity index is 2.01. The molecule has 0 spiro atoms. The normalized spacial score (nSPS) is 43.1. The third-order valence-electron chi connectivity index (χ3n) is 3.19. The Kier molecular flexibility index (Phi) is 1.69. The molecule has 0 bridgehead atoms. The molecule has 11 heavy (non-hydrogen) atoms. The predicted molar refractivity (Wildman–Crippen MR) is 44.3 cm³/mol. The fraction of sp³-hybridized carbons (Fsp3) is 1.00. The van der Waals surface area contributed by atoms with Gasteiger partial charge in [0.25, 0.3) is 0 Å². The van der Waals surface area contributed by atoms with Gasteiger partial charge in [-0.3, -0.25) is 4.90 Å². The van der Waals surface area contributed by atoms with Crippen LogP contribution in [0.3, 0.4) is 0 Å². The molecular weight excluding hydrogens is 138 g/mol. The minimum atomic E-state index is 0.360. The first-order valence-corrected chi connectivity index (χ1v) is 4.60. The summed E-state index contributed by atoms with van der Waals surface area (Å²) in [6, 6.07) is 1.10. The van der Waals surface area contributed by atoms with Crippen LogP contribution in [0.25, 0.3) is 0 Å². The average Bonchev–Trinajstić information content (AvgIpc) is 2.63. The number of hydrogen-bond acceptors (Lipinski definition) is 2. The summed E-state index contributed by atoms with van der Waals surface area (Å²) in [4.78, 5) is 2.44. The number of aliphatic hydroxyl groups is 1. The van der Waals surface area contributed by atoms with Crippen molar-refractivity contribution in [3.05, 3.63) is 0 Å². The molecule has 1 aliphatic heterocycles. The molecule has 0 aromatic heterocycles. The van der Waals surface area contributed by atoms with Crippen molar-refractivity contribution in [2.75, 3.05) is 13.2 Å². The molecule has 1 saturated carbocycles. The van der Waals surface area contributed by atoms with Crippen molar-refractivity contribution in [2.45, 2.75) is 32.4 Å². The quantitative estimate of drug-likeness (QED) is 0.634. The van der Waals surface area contributed by atoms with E-state index in [1.54, 1.807) is 0 Å². The highest BCUT2D eigenvalue weighted by atomic mass is 16.3. The minimum Gasteiger partial charge on any atom is -0.395 e. The number of piperidine rings is 1. The molecule has 1 aliphatic carbocycles. The van der Waals surface area contributed by atoms with E-state index in [2.05, 4.69) is 18.7 Å². The fourth-order valence-corrected chi connectivity index (χ4v) is 2.44. The second-order valence-electron chi connectivity index (χ2n) is 4.20. The lowest BCUT2D eigenvalue weighted by molar-refractivity contribution is 0.111. The molecule has 2 rings (SSSR count). The third-order valence-corrected chi connectivity index (χ3v) is 3.19. The van der Waals surface area contributed by atoms with E-state index in [0.29, 0.717) is 18.7 Å². The summed E-state index contributed by atoms with van der Waals surface area (Å²) in [7, 11) is 0. The van der Waals surface area contributed by atoms with E-state index >= 15 is 0 Å². The largest absolute Gasteiger partial charge is 0.395 e. The number of nitrogens with zero attached hydrogens (tertiary/aromatic N) is 1. The molecule has 64 valence electrons. The molecule has 0 radical (unpaired) electrons. The molecule has 3 atom stereocenters. The molecule has 0 aromatic rings. The average molecular weight is 155 g/mol. The van der Waals surface area contributed by atoms with Gasteiger partial charge >= 0.3 is 0 Å². The lowest BCUT2D eigenvalue weighted by Crippen LogP contribution is -2.40. The molecule has 0 aromatic carbocycles. The van der Waals surface area contributed by atoms with Crippen LogP contribution in [0.15, 0.2) is 0 Å². The molecule has 2 aliphatic rings. The standard InChI is InChI=1S/C9H17NO/c1-6(2)10-4-7-3-8(7)9(10)5-11/h6-9,11H,3-5H2,1-2H3. The third kappa shape index (κ3) is 1.09. The highest BCUT2D eigenvalue weighted by Crippen LogP contribution is 2.49. The van der Waals surface area contributed by atoms with Crippen molar-refractivity contribution < 1.29 is 5.11 Å². The molecule has 2 fully saturated rings. The Morgan fingerprint density at radius 1 is 1.55 bits per heavy atom. The summed E-state index contributed by atoms with van der Waals surface area (Å²) in [6.07, 6.45) is 1.37. The van der Waals surface area contributed by atoms with Gasteiger partial charge in [0.1, 0.15) is 0 Å². The van der Waals surface area contributed by atoms with Crippen LogP contribution in [0.4, 0.5) is 0 Å². The van der Waals surface area contributed by atoms with Crippen molar-refractivity contribution in [3.8, 4) is 0 Å². The first kappa shape index (κ1) is 7.56. The number of aliphatic hydroxyl groups excluding tert-OH is 1. The maximum absolute atomic E-state index is 9.14. The predicted octanol–water partition coefficient (Wildman–Crippen LogP) is 0.707. The second kappa shape index (κ2) is 2.46. The van der Waals surface area contributed by atoms with Gasteiger partial charge in [-0.25, -0.2) is 0 Å². The number of likely N-dealkylation sites (tertiary alicyclic amines) is 1. The van der Waals surface area contributed by atoms with Crippen molar-refractivity contribution >= 4 is 0 Å². The van der Waals surface area contributed by atoms with Crippen molar-refractivity contribution in [2.24, 2.45) is 11.8 Å². The summed E-state index contributed by atoms with van der Waals surface area (Å²) in [5.74, 6) is 1.76. The van der Waals surface area contributed by atoms with Crippen LogP contribution >= 0.6 is 0 Å².